The van der Waals surface area contributed by atoms with Crippen LogP contribution in [0.4, 0.5) is 16.4 Å². The summed E-state index contributed by atoms with van der Waals surface area (Å²) in [7, 11) is 0. The Morgan fingerprint density at radius 2 is 1.91 bits per heavy atom. The fourth-order valence-electron chi connectivity index (χ4n) is 6.48. The van der Waals surface area contributed by atoms with E-state index in [1.807, 2.05) is 31.4 Å². The molecule has 1 aromatic carbocycles. The van der Waals surface area contributed by atoms with Crippen LogP contribution >= 0.6 is 11.9 Å². The molecule has 0 bridgehead atoms. The molecule has 43 heavy (non-hydrogen) atoms. The van der Waals surface area contributed by atoms with Crippen LogP contribution in [0.15, 0.2) is 46.2 Å². The summed E-state index contributed by atoms with van der Waals surface area (Å²) in [6, 6.07) is 9.86. The zero-order valence-electron chi connectivity index (χ0n) is 25.5. The van der Waals surface area contributed by atoms with E-state index >= 15 is 0 Å². The highest BCUT2D eigenvalue weighted by Crippen LogP contribution is 2.49. The number of nitrogens with one attached hydrogen (secondary N) is 2. The Morgan fingerprint density at radius 3 is 2.63 bits per heavy atom. The minimum atomic E-state index is -0.455. The number of nitrogens with zero attached hydrogens (tertiary/aromatic N) is 4. The molecular formula is C32H42N6O4S. The lowest BCUT2D eigenvalue weighted by Gasteiger charge is -2.58. The van der Waals surface area contributed by atoms with E-state index in [4.69, 9.17) is 14.5 Å². The zero-order valence-corrected chi connectivity index (χ0v) is 26.3. The molecule has 3 fully saturated rings. The van der Waals surface area contributed by atoms with E-state index in [-0.39, 0.29) is 29.2 Å². The number of aromatic nitrogens is 3. The molecule has 3 aliphatic rings. The first-order valence-corrected chi connectivity index (χ1v) is 16.1. The van der Waals surface area contributed by atoms with Crippen LogP contribution in [0.2, 0.25) is 0 Å². The number of benzene rings is 1. The van der Waals surface area contributed by atoms with Crippen molar-refractivity contribution in [3.05, 3.63) is 52.4 Å². The fourth-order valence-corrected chi connectivity index (χ4v) is 7.20. The molecule has 1 spiro atoms. The van der Waals surface area contributed by atoms with Crippen molar-refractivity contribution in [1.82, 2.24) is 24.2 Å². The van der Waals surface area contributed by atoms with Crippen molar-refractivity contribution in [1.29, 1.82) is 0 Å². The summed E-state index contributed by atoms with van der Waals surface area (Å²) in [6.45, 7) is 10.7. The number of carbonyl (C=O) groups is 1. The number of likely N-dealkylation sites (tertiary alicyclic amines) is 1. The van der Waals surface area contributed by atoms with E-state index in [0.717, 1.165) is 79.7 Å². The third-order valence-electron chi connectivity index (χ3n) is 8.57. The van der Waals surface area contributed by atoms with Crippen molar-refractivity contribution in [3.63, 3.8) is 0 Å². The summed E-state index contributed by atoms with van der Waals surface area (Å²) in [6.07, 6.45) is 8.18. The lowest BCUT2D eigenvalue weighted by atomic mass is 9.62. The predicted octanol–water partition coefficient (Wildman–Crippen LogP) is 5.97. The summed E-state index contributed by atoms with van der Waals surface area (Å²) in [5.41, 5.74) is 2.47. The van der Waals surface area contributed by atoms with Gasteiger partial charge < -0.3 is 19.7 Å². The number of anilines is 2. The Balaban J connectivity index is 0.942. The Labute approximate surface area is 257 Å². The van der Waals surface area contributed by atoms with E-state index in [1.54, 1.807) is 35.2 Å². The molecule has 3 heterocycles. The number of hydrogen-bond donors (Lipinski definition) is 2. The quantitative estimate of drug-likeness (QED) is 0.225. The number of amides is 1. The third-order valence-corrected chi connectivity index (χ3v) is 9.41. The number of fused-ring (bicyclic) bond motifs is 1. The number of aryl methyl sites for hydroxylation is 1. The van der Waals surface area contributed by atoms with E-state index in [2.05, 4.69) is 34.1 Å². The van der Waals surface area contributed by atoms with Gasteiger partial charge in [0.2, 0.25) is 5.95 Å². The second kappa shape index (κ2) is 12.1. The lowest BCUT2D eigenvalue weighted by Crippen LogP contribution is -2.65. The summed E-state index contributed by atoms with van der Waals surface area (Å²) in [5, 5.41) is 4.22. The second-order valence-corrected chi connectivity index (χ2v) is 14.3. The van der Waals surface area contributed by atoms with Gasteiger partial charge in [-0.2, -0.15) is 4.98 Å². The van der Waals surface area contributed by atoms with Gasteiger partial charge in [0.25, 0.3) is 5.56 Å². The fraction of sp³-hybridized carbons (Fsp3) is 0.562. The molecule has 6 rings (SSSR count). The molecule has 2 N–H and O–H groups in total. The van der Waals surface area contributed by atoms with Crippen molar-refractivity contribution < 1.29 is 14.3 Å². The van der Waals surface area contributed by atoms with Gasteiger partial charge in [-0.05, 0) is 95.2 Å². The standard InChI is InChI=1S/C32H42N6O4S/c1-21-15-25(43-34-13-14-41-24-16-32(17-24)19-37(20-32)30(40)42-31(2,3)4)10-11-26(21)35-29-33-18-22-9-12-27(39)38(28(22)36-29)23-7-5-6-8-23/h9-12,15,18,23-24,34H,5-8,13-14,16-17,19-20H2,1-4H3,(H,33,35,36). The summed E-state index contributed by atoms with van der Waals surface area (Å²) >= 11 is 1.58. The molecule has 0 unspecified atom stereocenters. The minimum absolute atomic E-state index is 0.00103. The van der Waals surface area contributed by atoms with Crippen molar-refractivity contribution in [2.45, 2.75) is 88.9 Å². The molecule has 3 aromatic rings. The van der Waals surface area contributed by atoms with Crippen molar-refractivity contribution in [2.24, 2.45) is 5.41 Å². The molecule has 1 saturated heterocycles. The van der Waals surface area contributed by atoms with Crippen LogP contribution < -0.4 is 15.6 Å². The van der Waals surface area contributed by atoms with Crippen molar-refractivity contribution >= 4 is 40.7 Å². The second-order valence-electron chi connectivity index (χ2n) is 13.3. The molecule has 0 radical (unpaired) electrons. The van der Waals surface area contributed by atoms with Gasteiger partial charge in [-0.25, -0.2) is 9.78 Å². The first-order valence-electron chi connectivity index (χ1n) is 15.3. The molecule has 10 nitrogen and oxygen atoms in total. The van der Waals surface area contributed by atoms with Crippen LogP contribution in [0.5, 0.6) is 0 Å². The lowest BCUT2D eigenvalue weighted by molar-refractivity contribution is -0.145. The molecule has 230 valence electrons. The summed E-state index contributed by atoms with van der Waals surface area (Å²) in [4.78, 5) is 37.1. The van der Waals surface area contributed by atoms with Crippen LogP contribution in [0.1, 0.15) is 70.9 Å². The van der Waals surface area contributed by atoms with Crippen LogP contribution in [0, 0.1) is 12.3 Å². The SMILES string of the molecule is Cc1cc(SNCCOC2CC3(C2)CN(C(=O)OC(C)(C)C)C3)ccc1Nc1ncc2ccc(=O)n(C3CCCC3)c2n1. The maximum atomic E-state index is 12.7. The highest BCUT2D eigenvalue weighted by molar-refractivity contribution is 7.97. The summed E-state index contributed by atoms with van der Waals surface area (Å²) < 4.78 is 16.8. The first-order chi connectivity index (χ1) is 20.6. The van der Waals surface area contributed by atoms with Gasteiger partial charge in [0.15, 0.2) is 0 Å². The molecule has 11 heteroatoms. The maximum absolute atomic E-state index is 12.7. The van der Waals surface area contributed by atoms with Crippen molar-refractivity contribution in [2.75, 3.05) is 31.6 Å². The van der Waals surface area contributed by atoms with Crippen LogP contribution in [0.25, 0.3) is 11.0 Å². The molecule has 0 atom stereocenters. The minimum Gasteiger partial charge on any atom is -0.444 e. The largest absolute Gasteiger partial charge is 0.444 e. The molecule has 1 amide bonds. The summed E-state index contributed by atoms with van der Waals surface area (Å²) in [5.74, 6) is 0.487. The Bertz CT molecular complexity index is 1530. The molecule has 2 aliphatic carbocycles. The van der Waals surface area contributed by atoms with Gasteiger partial charge in [0, 0.05) is 59.3 Å². The highest BCUT2D eigenvalue weighted by atomic mass is 32.2. The topological polar surface area (TPSA) is 111 Å². The normalized spacial score (nSPS) is 18.6. The van der Waals surface area contributed by atoms with Gasteiger partial charge in [-0.1, -0.05) is 12.8 Å². The number of carbonyl (C=O) groups excluding carboxylic acids is 1. The number of hydrogen-bond acceptors (Lipinski definition) is 9. The van der Waals surface area contributed by atoms with E-state index in [9.17, 15) is 9.59 Å². The van der Waals surface area contributed by atoms with Crippen LogP contribution in [-0.4, -0.2) is 63.5 Å². The Morgan fingerprint density at radius 1 is 1.14 bits per heavy atom. The van der Waals surface area contributed by atoms with E-state index in [0.29, 0.717) is 18.2 Å². The van der Waals surface area contributed by atoms with Gasteiger partial charge in [0.05, 0.1) is 12.7 Å². The van der Waals surface area contributed by atoms with Crippen LogP contribution in [0.3, 0.4) is 0 Å². The van der Waals surface area contributed by atoms with Gasteiger partial charge in [0.1, 0.15) is 11.2 Å². The number of pyridine rings is 1. The monoisotopic (exact) mass is 606 g/mol. The zero-order chi connectivity index (χ0) is 30.2. The molecular weight excluding hydrogens is 564 g/mol. The molecule has 2 saturated carbocycles. The van der Waals surface area contributed by atoms with E-state index in [1.165, 1.54) is 0 Å². The smallest absolute Gasteiger partial charge is 0.410 e. The number of rotatable bonds is 9. The van der Waals surface area contributed by atoms with Gasteiger partial charge >= 0.3 is 6.09 Å². The third kappa shape index (κ3) is 6.84. The van der Waals surface area contributed by atoms with Crippen LogP contribution in [-0.2, 0) is 9.47 Å². The average molecular weight is 607 g/mol. The first kappa shape index (κ1) is 29.9. The Kier molecular flexibility index (Phi) is 8.41. The average Bonchev–Trinajstić information content (AvgIpc) is 3.43. The molecule has 2 aromatic heterocycles. The van der Waals surface area contributed by atoms with E-state index < -0.39 is 5.60 Å². The Hall–Kier alpha value is -3.15. The van der Waals surface area contributed by atoms with Crippen molar-refractivity contribution in [3.8, 4) is 0 Å². The molecule has 1 aliphatic heterocycles. The maximum Gasteiger partial charge on any atom is 0.410 e. The van der Waals surface area contributed by atoms with Gasteiger partial charge in [-0.3, -0.25) is 14.1 Å². The highest BCUT2D eigenvalue weighted by Gasteiger charge is 2.54. The number of ether oxygens (including phenoxy) is 2. The predicted molar refractivity (Wildman–Crippen MR) is 169 cm³/mol. The van der Waals surface area contributed by atoms with Gasteiger partial charge in [-0.15, -0.1) is 0 Å².